The Bertz CT molecular complexity index is 648. The first-order chi connectivity index (χ1) is 11.7. The summed E-state index contributed by atoms with van der Waals surface area (Å²) in [6, 6.07) is 0. The molecular formula is C25H36. The molecule has 0 N–H and O–H groups in total. The monoisotopic (exact) mass is 336 g/mol. The van der Waals surface area contributed by atoms with E-state index in [2.05, 4.69) is 103 Å². The predicted octanol–water partition coefficient (Wildman–Crippen LogP) is 8.04. The summed E-state index contributed by atoms with van der Waals surface area (Å²) in [5.41, 5.74) is 7.24. The van der Waals surface area contributed by atoms with E-state index in [0.29, 0.717) is 5.41 Å². The van der Waals surface area contributed by atoms with Crippen molar-refractivity contribution >= 4 is 0 Å². The maximum Gasteiger partial charge on any atom is -0.0104 e. The summed E-state index contributed by atoms with van der Waals surface area (Å²) in [5, 5.41) is 0. The van der Waals surface area contributed by atoms with Crippen molar-refractivity contribution in [2.24, 2.45) is 5.41 Å². The molecule has 0 atom stereocenters. The molecule has 0 nitrogen and oxygen atoms in total. The molecule has 0 saturated carbocycles. The fraction of sp³-hybridized carbons (Fsp3) is 0.440. The molecule has 1 aliphatic rings. The van der Waals surface area contributed by atoms with E-state index in [4.69, 9.17) is 0 Å². The second kappa shape index (κ2) is 10.2. The first kappa shape index (κ1) is 21.2. The molecule has 0 aliphatic heterocycles. The van der Waals surface area contributed by atoms with Gasteiger partial charge in [-0.2, -0.15) is 0 Å². The molecule has 136 valence electrons. The standard InChI is InChI=1S/C25H36/c1-20(2)12-8-9-13-21(3)14-10-15-22(4)17-18-24-23(5)16-11-19-25(24,6)7/h8-10,12-15,17-18H,11,16,19H2,1-7H3/b9-8+,14-10+,18-17+,21-13+,22-15+. The zero-order chi connectivity index (χ0) is 18.9. The van der Waals surface area contributed by atoms with Crippen LogP contribution in [0, 0.1) is 5.41 Å². The van der Waals surface area contributed by atoms with E-state index in [1.54, 1.807) is 5.57 Å². The minimum absolute atomic E-state index is 0.311. The fourth-order valence-electron chi connectivity index (χ4n) is 3.14. The molecule has 0 bridgehead atoms. The van der Waals surface area contributed by atoms with Crippen molar-refractivity contribution in [2.45, 2.75) is 67.7 Å². The van der Waals surface area contributed by atoms with Gasteiger partial charge in [0.15, 0.2) is 0 Å². The number of rotatable bonds is 6. The second-order valence-corrected chi connectivity index (χ2v) is 8.07. The molecule has 0 saturated heterocycles. The van der Waals surface area contributed by atoms with E-state index in [1.165, 1.54) is 41.6 Å². The van der Waals surface area contributed by atoms with Crippen molar-refractivity contribution in [3.05, 3.63) is 82.5 Å². The van der Waals surface area contributed by atoms with Crippen molar-refractivity contribution in [1.82, 2.24) is 0 Å². The van der Waals surface area contributed by atoms with E-state index < -0.39 is 0 Å². The topological polar surface area (TPSA) is 0 Å². The quantitative estimate of drug-likeness (QED) is 0.430. The van der Waals surface area contributed by atoms with Crippen LogP contribution in [0.1, 0.15) is 67.7 Å². The van der Waals surface area contributed by atoms with Gasteiger partial charge in [0.05, 0.1) is 0 Å². The average Bonchev–Trinajstić information content (AvgIpc) is 2.50. The van der Waals surface area contributed by atoms with Crippen molar-refractivity contribution in [1.29, 1.82) is 0 Å². The third kappa shape index (κ3) is 8.20. The highest BCUT2D eigenvalue weighted by atomic mass is 14.3. The minimum Gasteiger partial charge on any atom is -0.0764 e. The van der Waals surface area contributed by atoms with Gasteiger partial charge in [-0.05, 0) is 64.9 Å². The lowest BCUT2D eigenvalue weighted by Crippen LogP contribution is -2.19. The van der Waals surface area contributed by atoms with Crippen LogP contribution in [0.2, 0.25) is 0 Å². The second-order valence-electron chi connectivity index (χ2n) is 8.07. The fourth-order valence-corrected chi connectivity index (χ4v) is 3.14. The van der Waals surface area contributed by atoms with Crippen molar-refractivity contribution in [3.8, 4) is 0 Å². The van der Waals surface area contributed by atoms with Gasteiger partial charge in [0, 0.05) is 0 Å². The molecule has 0 amide bonds. The molecule has 1 aliphatic carbocycles. The summed E-state index contributed by atoms with van der Waals surface area (Å²) >= 11 is 0. The SMILES string of the molecule is CC(C)=C/C=C/C=C(C)/C=C/C=C(C)/C=C/C1=C(C)CCCC1(C)C. The molecular weight excluding hydrogens is 300 g/mol. The summed E-state index contributed by atoms with van der Waals surface area (Å²) in [5.74, 6) is 0. The Kier molecular flexibility index (Phi) is 8.69. The first-order valence-electron chi connectivity index (χ1n) is 9.44. The highest BCUT2D eigenvalue weighted by Gasteiger charge is 2.26. The van der Waals surface area contributed by atoms with Crippen LogP contribution in [-0.4, -0.2) is 0 Å². The highest BCUT2D eigenvalue weighted by Crippen LogP contribution is 2.40. The number of hydrogen-bond acceptors (Lipinski definition) is 0. The Labute approximate surface area is 156 Å². The smallest absolute Gasteiger partial charge is 0.0104 e. The zero-order valence-electron chi connectivity index (χ0n) is 17.3. The van der Waals surface area contributed by atoms with Crippen LogP contribution < -0.4 is 0 Å². The minimum atomic E-state index is 0.311. The van der Waals surface area contributed by atoms with Gasteiger partial charge in [0.25, 0.3) is 0 Å². The van der Waals surface area contributed by atoms with E-state index >= 15 is 0 Å². The summed E-state index contributed by atoms with van der Waals surface area (Å²) in [6.45, 7) is 15.5. The Morgan fingerprint density at radius 2 is 1.44 bits per heavy atom. The van der Waals surface area contributed by atoms with Crippen LogP contribution in [-0.2, 0) is 0 Å². The van der Waals surface area contributed by atoms with E-state index in [-0.39, 0.29) is 0 Å². The third-order valence-electron chi connectivity index (χ3n) is 4.67. The van der Waals surface area contributed by atoms with E-state index in [1.807, 2.05) is 0 Å². The average molecular weight is 337 g/mol. The molecule has 0 radical (unpaired) electrons. The predicted molar refractivity (Wildman–Crippen MR) is 115 cm³/mol. The summed E-state index contributed by atoms with van der Waals surface area (Å²) < 4.78 is 0. The van der Waals surface area contributed by atoms with Crippen molar-refractivity contribution < 1.29 is 0 Å². The normalized spacial score (nSPS) is 19.5. The molecule has 0 heteroatoms. The van der Waals surface area contributed by atoms with Crippen LogP contribution in [0.4, 0.5) is 0 Å². The van der Waals surface area contributed by atoms with Gasteiger partial charge < -0.3 is 0 Å². The summed E-state index contributed by atoms with van der Waals surface area (Å²) in [4.78, 5) is 0. The van der Waals surface area contributed by atoms with Gasteiger partial charge >= 0.3 is 0 Å². The van der Waals surface area contributed by atoms with Gasteiger partial charge in [-0.3, -0.25) is 0 Å². The summed E-state index contributed by atoms with van der Waals surface area (Å²) in [7, 11) is 0. The van der Waals surface area contributed by atoms with Crippen molar-refractivity contribution in [2.75, 3.05) is 0 Å². The maximum absolute atomic E-state index is 2.37. The van der Waals surface area contributed by atoms with Gasteiger partial charge in [0.2, 0.25) is 0 Å². The molecule has 0 fully saturated rings. The van der Waals surface area contributed by atoms with Crippen LogP contribution in [0.5, 0.6) is 0 Å². The maximum atomic E-state index is 2.37. The Morgan fingerprint density at radius 1 is 0.840 bits per heavy atom. The first-order valence-corrected chi connectivity index (χ1v) is 9.44. The highest BCUT2D eigenvalue weighted by molar-refractivity contribution is 5.37. The molecule has 0 aromatic rings. The Hall–Kier alpha value is -1.82. The zero-order valence-corrected chi connectivity index (χ0v) is 17.3. The summed E-state index contributed by atoms with van der Waals surface area (Å²) in [6.07, 6.45) is 23.3. The van der Waals surface area contributed by atoms with Crippen molar-refractivity contribution in [3.63, 3.8) is 0 Å². The molecule has 0 spiro atoms. The molecule has 1 rings (SSSR count). The van der Waals surface area contributed by atoms with Crippen LogP contribution in [0.15, 0.2) is 82.5 Å². The van der Waals surface area contributed by atoms with Crippen LogP contribution >= 0.6 is 0 Å². The lowest BCUT2D eigenvalue weighted by atomic mass is 9.72. The largest absolute Gasteiger partial charge is 0.0764 e. The molecule has 0 heterocycles. The molecule has 0 unspecified atom stereocenters. The molecule has 0 aromatic heterocycles. The lowest BCUT2D eigenvalue weighted by Gasteiger charge is -2.32. The number of allylic oxidation sites excluding steroid dienone is 14. The van der Waals surface area contributed by atoms with Crippen LogP contribution in [0.3, 0.4) is 0 Å². The van der Waals surface area contributed by atoms with E-state index in [0.717, 1.165) is 0 Å². The molecule has 0 aromatic carbocycles. The Balaban J connectivity index is 2.71. The third-order valence-corrected chi connectivity index (χ3v) is 4.67. The van der Waals surface area contributed by atoms with Gasteiger partial charge in [0.1, 0.15) is 0 Å². The van der Waals surface area contributed by atoms with Gasteiger partial charge in [-0.25, -0.2) is 0 Å². The van der Waals surface area contributed by atoms with Crippen LogP contribution in [0.25, 0.3) is 0 Å². The molecule has 25 heavy (non-hydrogen) atoms. The van der Waals surface area contributed by atoms with E-state index in [9.17, 15) is 0 Å². The van der Waals surface area contributed by atoms with Gasteiger partial charge in [-0.15, -0.1) is 0 Å². The Morgan fingerprint density at radius 3 is 2.08 bits per heavy atom. The lowest BCUT2D eigenvalue weighted by molar-refractivity contribution is 0.377. The number of hydrogen-bond donors (Lipinski definition) is 0. The van der Waals surface area contributed by atoms with Gasteiger partial charge in [-0.1, -0.05) is 90.8 Å².